The van der Waals surface area contributed by atoms with Gasteiger partial charge in [-0.1, -0.05) is 18.2 Å². The second kappa shape index (κ2) is 9.58. The summed E-state index contributed by atoms with van der Waals surface area (Å²) in [5.41, 5.74) is 0. The van der Waals surface area contributed by atoms with Crippen molar-refractivity contribution in [3.8, 4) is 0 Å². The Balaban J connectivity index is 0.000000396. The molecule has 1 atom stereocenters. The van der Waals surface area contributed by atoms with Gasteiger partial charge in [0.05, 0.1) is 11.4 Å². The topological polar surface area (TPSA) is 95.7 Å². The van der Waals surface area contributed by atoms with Crippen molar-refractivity contribution in [2.24, 2.45) is 5.92 Å². The van der Waals surface area contributed by atoms with E-state index in [4.69, 9.17) is 9.90 Å². The highest BCUT2D eigenvalue weighted by molar-refractivity contribution is 7.89. The molecule has 2 aromatic rings. The number of benzene rings is 1. The molecule has 0 amide bonds. The first-order valence-corrected chi connectivity index (χ1v) is 10.4. The van der Waals surface area contributed by atoms with Crippen LogP contribution in [-0.2, 0) is 27.9 Å². The minimum absolute atomic E-state index is 0.221. The highest BCUT2D eigenvalue weighted by atomic mass is 32.2. The predicted molar refractivity (Wildman–Crippen MR) is 102 cm³/mol. The summed E-state index contributed by atoms with van der Waals surface area (Å²) in [6.45, 7) is 2.43. The molecule has 1 aliphatic rings. The van der Waals surface area contributed by atoms with E-state index in [9.17, 15) is 21.6 Å². The molecule has 0 aliphatic carbocycles. The number of hydrogen-bond acceptors (Lipinski definition) is 5. The first-order valence-electron chi connectivity index (χ1n) is 8.91. The number of carbonyl (C=O) groups is 1. The number of alkyl halides is 3. The molecule has 0 bridgehead atoms. The van der Waals surface area contributed by atoms with Crippen molar-refractivity contribution in [3.05, 3.63) is 48.5 Å². The van der Waals surface area contributed by atoms with Crippen LogP contribution >= 0.6 is 0 Å². The smallest absolute Gasteiger partial charge is 0.475 e. The van der Waals surface area contributed by atoms with Crippen LogP contribution in [0.3, 0.4) is 0 Å². The lowest BCUT2D eigenvalue weighted by molar-refractivity contribution is -0.192. The first-order chi connectivity index (χ1) is 13.9. The normalized spacial score (nSPS) is 17.6. The Bertz CT molecular complexity index is 946. The summed E-state index contributed by atoms with van der Waals surface area (Å²) in [6, 6.07) is 8.62. The fraction of sp³-hybridized carbons (Fsp3) is 0.444. The van der Waals surface area contributed by atoms with Crippen LogP contribution in [0.15, 0.2) is 47.6 Å². The number of carboxylic acid groups (broad SMARTS) is 1. The average Bonchev–Trinajstić information content (AvgIpc) is 3.00. The van der Waals surface area contributed by atoms with Gasteiger partial charge in [0.15, 0.2) is 0 Å². The van der Waals surface area contributed by atoms with E-state index in [0.717, 1.165) is 18.9 Å². The van der Waals surface area contributed by atoms with Gasteiger partial charge in [-0.05, 0) is 26.2 Å². The molecule has 2 heterocycles. The van der Waals surface area contributed by atoms with Gasteiger partial charge in [0.25, 0.3) is 0 Å². The molecule has 1 aromatic carbocycles. The van der Waals surface area contributed by atoms with Gasteiger partial charge in [-0.15, -0.1) is 0 Å². The molecule has 12 heteroatoms. The number of carboxylic acids is 1. The molecule has 0 radical (unpaired) electrons. The lowest BCUT2D eigenvalue weighted by Gasteiger charge is -2.25. The van der Waals surface area contributed by atoms with Gasteiger partial charge in [0, 0.05) is 37.9 Å². The zero-order chi connectivity index (χ0) is 22.5. The van der Waals surface area contributed by atoms with Crippen LogP contribution in [0.2, 0.25) is 0 Å². The minimum atomic E-state index is -5.08. The molecule has 1 N–H and O–H groups in total. The number of aliphatic carboxylic acids is 1. The zero-order valence-electron chi connectivity index (χ0n) is 16.5. The van der Waals surface area contributed by atoms with E-state index >= 15 is 0 Å². The van der Waals surface area contributed by atoms with E-state index in [1.54, 1.807) is 34.8 Å². The number of nitrogens with zero attached hydrogens (tertiary/aromatic N) is 4. The third-order valence-corrected chi connectivity index (χ3v) is 6.11. The van der Waals surface area contributed by atoms with Crippen LogP contribution in [0.4, 0.5) is 13.2 Å². The highest BCUT2D eigenvalue weighted by Gasteiger charge is 2.38. The monoisotopic (exact) mass is 448 g/mol. The number of aromatic nitrogens is 2. The van der Waals surface area contributed by atoms with E-state index in [-0.39, 0.29) is 5.92 Å². The van der Waals surface area contributed by atoms with E-state index in [1.807, 2.05) is 26.4 Å². The molecule has 166 valence electrons. The molecule has 0 saturated heterocycles. The Labute approximate surface area is 172 Å². The maximum Gasteiger partial charge on any atom is 0.490 e. The Morgan fingerprint density at radius 1 is 1.23 bits per heavy atom. The molecule has 0 fully saturated rings. The Morgan fingerprint density at radius 3 is 2.37 bits per heavy atom. The van der Waals surface area contributed by atoms with Crippen molar-refractivity contribution in [2.75, 3.05) is 27.2 Å². The molecule has 3 rings (SSSR count). The van der Waals surface area contributed by atoms with Crippen LogP contribution in [0.25, 0.3) is 0 Å². The van der Waals surface area contributed by atoms with Crippen LogP contribution in [0.1, 0.15) is 5.82 Å². The largest absolute Gasteiger partial charge is 0.490 e. The lowest BCUT2D eigenvalue weighted by atomic mass is 10.1. The second-order valence-electron chi connectivity index (χ2n) is 7.04. The lowest BCUT2D eigenvalue weighted by Crippen LogP contribution is -2.37. The van der Waals surface area contributed by atoms with Gasteiger partial charge in [-0.2, -0.15) is 17.5 Å². The Morgan fingerprint density at radius 2 is 1.83 bits per heavy atom. The average molecular weight is 448 g/mol. The van der Waals surface area contributed by atoms with Crippen molar-refractivity contribution in [2.45, 2.75) is 24.2 Å². The standard InChI is InChI=1S/C16H22N4O2S.C2HF3O2/c1-18(2)10-14-11-19-9-8-17-16(19)13-20(12-14)23(21,22)15-6-4-3-5-7-15;3-2(4,5)1(6)7/h3-9,14H,10-13H2,1-2H3;(H,6,7). The van der Waals surface area contributed by atoms with Crippen LogP contribution < -0.4 is 0 Å². The van der Waals surface area contributed by atoms with Crippen LogP contribution in [0, 0.1) is 5.92 Å². The molecule has 1 aromatic heterocycles. The van der Waals surface area contributed by atoms with Gasteiger partial charge in [-0.3, -0.25) is 0 Å². The summed E-state index contributed by atoms with van der Waals surface area (Å²) < 4.78 is 61.3. The van der Waals surface area contributed by atoms with E-state index in [2.05, 4.69) is 14.5 Å². The SMILES string of the molecule is CN(C)CC1CN(S(=O)(=O)c2ccccc2)Cc2nccn2C1.O=C(O)C(F)(F)F. The maximum absolute atomic E-state index is 13.0. The fourth-order valence-corrected chi connectivity index (χ4v) is 4.55. The summed E-state index contributed by atoms with van der Waals surface area (Å²) in [4.78, 5) is 15.7. The minimum Gasteiger partial charge on any atom is -0.475 e. The molecular formula is C18H23F3N4O4S. The summed E-state index contributed by atoms with van der Waals surface area (Å²) >= 11 is 0. The van der Waals surface area contributed by atoms with E-state index in [1.165, 1.54) is 0 Å². The zero-order valence-corrected chi connectivity index (χ0v) is 17.3. The van der Waals surface area contributed by atoms with Crippen molar-refractivity contribution in [1.82, 2.24) is 18.8 Å². The van der Waals surface area contributed by atoms with Gasteiger partial charge in [0.1, 0.15) is 5.82 Å². The number of hydrogen-bond donors (Lipinski definition) is 1. The Kier molecular flexibility index (Phi) is 7.61. The molecular weight excluding hydrogens is 425 g/mol. The van der Waals surface area contributed by atoms with Gasteiger partial charge < -0.3 is 14.6 Å². The van der Waals surface area contributed by atoms with Gasteiger partial charge in [-0.25, -0.2) is 18.2 Å². The predicted octanol–water partition coefficient (Wildman–Crippen LogP) is 1.90. The molecule has 8 nitrogen and oxygen atoms in total. The second-order valence-corrected chi connectivity index (χ2v) is 8.98. The van der Waals surface area contributed by atoms with Crippen LogP contribution in [0.5, 0.6) is 0 Å². The quantitative estimate of drug-likeness (QED) is 0.768. The number of rotatable bonds is 4. The molecule has 30 heavy (non-hydrogen) atoms. The third-order valence-electron chi connectivity index (χ3n) is 4.28. The molecule has 0 spiro atoms. The first kappa shape index (κ1) is 23.8. The van der Waals surface area contributed by atoms with Gasteiger partial charge >= 0.3 is 12.1 Å². The molecule has 1 unspecified atom stereocenters. The number of halogens is 3. The summed E-state index contributed by atoms with van der Waals surface area (Å²) in [5, 5.41) is 7.12. The molecule has 1 aliphatic heterocycles. The maximum atomic E-state index is 13.0. The van der Waals surface area contributed by atoms with E-state index < -0.39 is 22.2 Å². The number of sulfonamides is 1. The highest BCUT2D eigenvalue weighted by Crippen LogP contribution is 2.23. The van der Waals surface area contributed by atoms with E-state index in [0.29, 0.717) is 18.0 Å². The summed E-state index contributed by atoms with van der Waals surface area (Å²) in [5.74, 6) is -1.74. The number of imidazole rings is 1. The van der Waals surface area contributed by atoms with Crippen molar-refractivity contribution < 1.29 is 31.5 Å². The van der Waals surface area contributed by atoms with Crippen molar-refractivity contribution in [1.29, 1.82) is 0 Å². The summed E-state index contributed by atoms with van der Waals surface area (Å²) in [6.07, 6.45) is -1.42. The van der Waals surface area contributed by atoms with Crippen LogP contribution in [-0.4, -0.2) is 71.6 Å². The van der Waals surface area contributed by atoms with Gasteiger partial charge in [0.2, 0.25) is 10.0 Å². The number of fused-ring (bicyclic) bond motifs is 1. The Hall–Kier alpha value is -2.44. The van der Waals surface area contributed by atoms with Crippen molar-refractivity contribution >= 4 is 16.0 Å². The van der Waals surface area contributed by atoms with Crippen molar-refractivity contribution in [3.63, 3.8) is 0 Å². The fourth-order valence-electron chi connectivity index (χ4n) is 3.06. The molecule has 0 saturated carbocycles. The third kappa shape index (κ3) is 6.28. The summed E-state index contributed by atoms with van der Waals surface area (Å²) in [7, 11) is 0.506.